The van der Waals surface area contributed by atoms with E-state index in [1.807, 2.05) is 19.9 Å². The third-order valence-corrected chi connectivity index (χ3v) is 7.90. The monoisotopic (exact) mass is 512 g/mol. The van der Waals surface area contributed by atoms with Crippen LogP contribution in [0, 0.1) is 23.7 Å². The van der Waals surface area contributed by atoms with Crippen LogP contribution in [-0.2, 0) is 19.1 Å². The number of hydrogen-bond acceptors (Lipinski definition) is 4. The summed E-state index contributed by atoms with van der Waals surface area (Å²) in [6.07, 6.45) is 14.3. The Morgan fingerprint density at radius 1 is 1.31 bits per heavy atom. The van der Waals surface area contributed by atoms with Gasteiger partial charge in [-0.25, -0.2) is 4.79 Å². The quantitative estimate of drug-likeness (QED) is 0.266. The lowest BCUT2D eigenvalue weighted by atomic mass is 9.65. The van der Waals surface area contributed by atoms with Crippen molar-refractivity contribution in [2.75, 3.05) is 0 Å². The van der Waals surface area contributed by atoms with Crippen molar-refractivity contribution >= 4 is 34.5 Å². The molecule has 0 N–H and O–H groups in total. The Morgan fingerprint density at radius 2 is 2.07 bits per heavy atom. The van der Waals surface area contributed by atoms with Gasteiger partial charge in [0.1, 0.15) is 15.6 Å². The van der Waals surface area contributed by atoms with Gasteiger partial charge in [-0.05, 0) is 55.9 Å². The summed E-state index contributed by atoms with van der Waals surface area (Å²) < 4.78 is 11.1. The summed E-state index contributed by atoms with van der Waals surface area (Å²) >= 11 is 2.21. The first kappa shape index (κ1) is 22.6. The van der Waals surface area contributed by atoms with Gasteiger partial charge in [-0.15, -0.1) is 0 Å². The van der Waals surface area contributed by atoms with Crippen LogP contribution in [-0.4, -0.2) is 27.6 Å². The van der Waals surface area contributed by atoms with Crippen molar-refractivity contribution in [3.8, 4) is 0 Å². The van der Waals surface area contributed by atoms with Crippen LogP contribution in [0.1, 0.15) is 59.8 Å². The fraction of sp³-hybridized carbons (Fsp3) is 0.667. The maximum absolute atomic E-state index is 12.8. The predicted molar refractivity (Wildman–Crippen MR) is 123 cm³/mol. The van der Waals surface area contributed by atoms with E-state index in [4.69, 9.17) is 9.47 Å². The molecule has 29 heavy (non-hydrogen) atoms. The minimum atomic E-state index is -0.490. The number of esters is 2. The van der Waals surface area contributed by atoms with Gasteiger partial charge < -0.3 is 9.47 Å². The number of carbonyl (C=O) groups excluding carboxylic acids is 2. The first-order valence-electron chi connectivity index (χ1n) is 10.9. The number of ether oxygens (including phenoxy) is 2. The van der Waals surface area contributed by atoms with Crippen molar-refractivity contribution in [2.24, 2.45) is 23.7 Å². The fourth-order valence-electron chi connectivity index (χ4n) is 4.75. The Kier molecular flexibility index (Phi) is 7.28. The first-order valence-corrected chi connectivity index (χ1v) is 12.0. The highest BCUT2D eigenvalue weighted by atomic mass is 127. The topological polar surface area (TPSA) is 52.6 Å². The van der Waals surface area contributed by atoms with Crippen molar-refractivity contribution in [3.05, 3.63) is 36.0 Å². The average molecular weight is 512 g/mol. The predicted octanol–water partition coefficient (Wildman–Crippen LogP) is 5.56. The highest BCUT2D eigenvalue weighted by molar-refractivity contribution is 14.1. The van der Waals surface area contributed by atoms with Gasteiger partial charge in [0.25, 0.3) is 0 Å². The van der Waals surface area contributed by atoms with Crippen molar-refractivity contribution in [2.45, 2.75) is 75.4 Å². The van der Waals surface area contributed by atoms with Crippen LogP contribution in [0.2, 0.25) is 0 Å². The summed E-state index contributed by atoms with van der Waals surface area (Å²) in [5, 5.41) is 0. The summed E-state index contributed by atoms with van der Waals surface area (Å²) in [5.74, 6) is 1.05. The molecule has 0 radical (unpaired) electrons. The van der Waals surface area contributed by atoms with Crippen LogP contribution in [0.4, 0.5) is 0 Å². The zero-order valence-electron chi connectivity index (χ0n) is 17.9. The molecule has 2 unspecified atom stereocenters. The van der Waals surface area contributed by atoms with Crippen molar-refractivity contribution in [3.63, 3.8) is 0 Å². The van der Waals surface area contributed by atoms with E-state index in [1.54, 1.807) is 0 Å². The molecule has 0 spiro atoms. The summed E-state index contributed by atoms with van der Waals surface area (Å²) in [6, 6.07) is 0. The Labute approximate surface area is 188 Å². The summed E-state index contributed by atoms with van der Waals surface area (Å²) in [7, 11) is 0. The standard InChI is InChI=1S/C24H33IO4/c1-5-24(4,25)23(27)29-20-14-15(2)13-17-10-9-16(3)19(22(17)20)12-11-18-7-6-8-21(26)28-18/h6,8-10,13,15-16,18-20,22H,5,7,11-12,14H2,1-4H3/t15-,16-,18?,19-,20-,22?,24+/m0/s1. The maximum Gasteiger partial charge on any atom is 0.330 e. The lowest BCUT2D eigenvalue weighted by Gasteiger charge is -2.43. The van der Waals surface area contributed by atoms with Gasteiger partial charge in [0.2, 0.25) is 0 Å². The maximum atomic E-state index is 12.8. The zero-order valence-corrected chi connectivity index (χ0v) is 20.1. The van der Waals surface area contributed by atoms with Gasteiger partial charge in [0, 0.05) is 18.4 Å². The van der Waals surface area contributed by atoms with Crippen molar-refractivity contribution < 1.29 is 19.1 Å². The van der Waals surface area contributed by atoms with Gasteiger partial charge in [0.05, 0.1) is 0 Å². The fourth-order valence-corrected chi connectivity index (χ4v) is 4.88. The van der Waals surface area contributed by atoms with Crippen LogP contribution >= 0.6 is 22.6 Å². The molecule has 4 nitrogen and oxygen atoms in total. The lowest BCUT2D eigenvalue weighted by Crippen LogP contribution is -2.43. The molecule has 0 fully saturated rings. The number of cyclic esters (lactones) is 1. The lowest BCUT2D eigenvalue weighted by molar-refractivity contribution is -0.156. The molecule has 0 saturated heterocycles. The smallest absolute Gasteiger partial charge is 0.330 e. The van der Waals surface area contributed by atoms with Gasteiger partial charge in [-0.3, -0.25) is 4.79 Å². The minimum absolute atomic E-state index is 0.0423. The molecule has 0 aromatic carbocycles. The number of rotatable bonds is 6. The second-order valence-electron chi connectivity index (χ2n) is 9.06. The van der Waals surface area contributed by atoms with E-state index < -0.39 is 3.42 Å². The second kappa shape index (κ2) is 9.36. The third-order valence-electron chi connectivity index (χ3n) is 6.70. The molecule has 160 valence electrons. The molecule has 0 bridgehead atoms. The molecule has 3 aliphatic rings. The highest BCUT2D eigenvalue weighted by Gasteiger charge is 2.43. The molecule has 0 aromatic rings. The van der Waals surface area contributed by atoms with Gasteiger partial charge in [-0.1, -0.05) is 67.7 Å². The Balaban J connectivity index is 1.77. The molecule has 0 saturated carbocycles. The summed E-state index contributed by atoms with van der Waals surface area (Å²) in [5.41, 5.74) is 1.30. The number of halogens is 1. The molecule has 3 rings (SSSR count). The highest BCUT2D eigenvalue weighted by Crippen LogP contribution is 2.45. The van der Waals surface area contributed by atoms with Gasteiger partial charge >= 0.3 is 11.9 Å². The number of fused-ring (bicyclic) bond motifs is 1. The number of allylic oxidation sites excluding steroid dienone is 3. The van der Waals surface area contributed by atoms with E-state index >= 15 is 0 Å². The molecular weight excluding hydrogens is 479 g/mol. The number of hydrogen-bond donors (Lipinski definition) is 0. The average Bonchev–Trinajstić information content (AvgIpc) is 2.67. The van der Waals surface area contributed by atoms with Crippen LogP contribution in [0.5, 0.6) is 0 Å². The normalized spacial score (nSPS) is 35.9. The molecule has 0 amide bonds. The summed E-state index contributed by atoms with van der Waals surface area (Å²) in [4.78, 5) is 24.4. The van der Waals surface area contributed by atoms with E-state index in [-0.39, 0.29) is 30.1 Å². The van der Waals surface area contributed by atoms with E-state index in [1.165, 1.54) is 11.6 Å². The summed E-state index contributed by atoms with van der Waals surface area (Å²) in [6.45, 7) is 8.42. The molecule has 0 aromatic heterocycles. The van der Waals surface area contributed by atoms with Crippen LogP contribution < -0.4 is 0 Å². The number of carbonyl (C=O) groups is 2. The van der Waals surface area contributed by atoms with Gasteiger partial charge in [-0.2, -0.15) is 0 Å². The van der Waals surface area contributed by atoms with E-state index in [9.17, 15) is 9.59 Å². The number of alkyl halides is 1. The van der Waals surface area contributed by atoms with Crippen molar-refractivity contribution in [1.29, 1.82) is 0 Å². The molecule has 1 aliphatic heterocycles. The van der Waals surface area contributed by atoms with Crippen LogP contribution in [0.3, 0.4) is 0 Å². The van der Waals surface area contributed by atoms with Gasteiger partial charge in [0.15, 0.2) is 0 Å². The van der Waals surface area contributed by atoms with Crippen LogP contribution in [0.25, 0.3) is 0 Å². The zero-order chi connectivity index (χ0) is 21.2. The SMILES string of the molecule is CC[C@@](C)(I)C(=O)O[C@H]1C[C@@H](C)C=C2C=C[C@H](C)[C@H](CCC3CC=CC(=O)O3)C21. The third kappa shape index (κ3) is 5.33. The minimum Gasteiger partial charge on any atom is -0.461 e. The Bertz CT molecular complexity index is 720. The molecular formula is C24H33IO4. The van der Waals surface area contributed by atoms with E-state index in [0.717, 1.165) is 32.1 Å². The molecule has 5 heteroatoms. The second-order valence-corrected chi connectivity index (χ2v) is 11.4. The van der Waals surface area contributed by atoms with Crippen molar-refractivity contribution in [1.82, 2.24) is 0 Å². The molecule has 1 heterocycles. The Hall–Kier alpha value is -1.11. The van der Waals surface area contributed by atoms with Crippen LogP contribution in [0.15, 0.2) is 36.0 Å². The molecule has 7 atom stereocenters. The largest absolute Gasteiger partial charge is 0.461 e. The molecule has 2 aliphatic carbocycles. The Morgan fingerprint density at radius 3 is 2.76 bits per heavy atom. The van der Waals surface area contributed by atoms with E-state index in [0.29, 0.717) is 17.8 Å². The van der Waals surface area contributed by atoms with E-state index in [2.05, 4.69) is 54.7 Å². The first-order chi connectivity index (χ1) is 13.7.